The summed E-state index contributed by atoms with van der Waals surface area (Å²) >= 11 is 0. The zero-order valence-electron chi connectivity index (χ0n) is 6.46. The monoisotopic (exact) mass is 208 g/mol. The lowest BCUT2D eigenvalue weighted by Crippen LogP contribution is -2.21. The Labute approximate surface area is 74.3 Å². The first-order valence-corrected chi connectivity index (χ1v) is 3.27. The van der Waals surface area contributed by atoms with Gasteiger partial charge in [-0.2, -0.15) is 13.2 Å². The average molecular weight is 208 g/mol. The molecule has 0 unspecified atom stereocenters. The molecular weight excluding hydrogens is 205 g/mol. The van der Waals surface area contributed by atoms with E-state index in [-0.39, 0.29) is 0 Å². The average Bonchev–Trinajstić information content (AvgIpc) is 2.01. The normalized spacial score (nSPS) is 11.4. The van der Waals surface area contributed by atoms with Crippen molar-refractivity contribution in [2.45, 2.75) is 6.18 Å². The van der Waals surface area contributed by atoms with Crippen molar-refractivity contribution in [2.75, 3.05) is 0 Å². The fraction of sp³-hybridized carbons (Fsp3) is 0.167. The Morgan fingerprint density at radius 3 is 2.36 bits per heavy atom. The fourth-order valence-corrected chi connectivity index (χ4v) is 0.886. The topological polar surface area (TPSA) is 76.0 Å². The van der Waals surface area contributed by atoms with E-state index >= 15 is 0 Å². The minimum atomic E-state index is -5.03. The molecule has 0 spiro atoms. The molecule has 0 bridgehead atoms. The Bertz CT molecular complexity index is 423. The van der Waals surface area contributed by atoms with Gasteiger partial charge in [-0.3, -0.25) is 4.79 Å². The number of pyridine rings is 1. The molecule has 0 aromatic carbocycles. The Balaban J connectivity index is 3.54. The first-order valence-electron chi connectivity index (χ1n) is 3.27. The van der Waals surface area contributed by atoms with E-state index in [1.807, 2.05) is 0 Å². The van der Waals surface area contributed by atoms with E-state index in [9.17, 15) is 28.1 Å². The Morgan fingerprint density at radius 1 is 1.43 bits per heavy atom. The van der Waals surface area contributed by atoms with Gasteiger partial charge >= 0.3 is 12.0 Å². The van der Waals surface area contributed by atoms with Crippen molar-refractivity contribution in [3.63, 3.8) is 0 Å². The third-order valence-corrected chi connectivity index (χ3v) is 1.40. The lowest BCUT2D eigenvalue weighted by molar-refractivity contribution is -0.392. The van der Waals surface area contributed by atoms with Crippen LogP contribution in [0.15, 0.2) is 17.1 Å². The highest BCUT2D eigenvalue weighted by molar-refractivity contribution is 5.34. The molecule has 0 radical (unpaired) electrons. The summed E-state index contributed by atoms with van der Waals surface area (Å²) in [4.78, 5) is 21.4. The molecule has 0 saturated heterocycles. The third-order valence-electron chi connectivity index (χ3n) is 1.40. The molecule has 0 aliphatic heterocycles. The van der Waals surface area contributed by atoms with E-state index in [4.69, 9.17) is 0 Å². The number of alkyl halides is 3. The predicted octanol–water partition coefficient (Wildman–Crippen LogP) is 1.30. The van der Waals surface area contributed by atoms with Crippen LogP contribution in [0.1, 0.15) is 5.56 Å². The van der Waals surface area contributed by atoms with Gasteiger partial charge in [0.15, 0.2) is 5.56 Å². The van der Waals surface area contributed by atoms with E-state index in [0.29, 0.717) is 6.07 Å². The standard InChI is InChI=1S/C6H3F3N2O3/c7-6(8,9)4-3(12)1-2-10-5(4)11(13)14/h1-2H,(H,10,12). The first kappa shape index (κ1) is 10.2. The number of nitrogens with zero attached hydrogens (tertiary/aromatic N) is 1. The summed E-state index contributed by atoms with van der Waals surface area (Å²) in [7, 11) is 0. The maximum absolute atomic E-state index is 12.1. The molecule has 1 N–H and O–H groups in total. The number of aromatic nitrogens is 1. The second-order valence-electron chi connectivity index (χ2n) is 2.32. The van der Waals surface area contributed by atoms with Crippen molar-refractivity contribution in [1.82, 2.24) is 4.98 Å². The number of nitrogens with one attached hydrogen (secondary N) is 1. The molecule has 0 aliphatic rings. The highest BCUT2D eigenvalue weighted by atomic mass is 19.4. The van der Waals surface area contributed by atoms with Crippen LogP contribution in [0.3, 0.4) is 0 Å². The van der Waals surface area contributed by atoms with Gasteiger partial charge in [-0.25, -0.2) is 4.98 Å². The van der Waals surface area contributed by atoms with Gasteiger partial charge in [0.25, 0.3) is 0 Å². The molecule has 76 valence electrons. The van der Waals surface area contributed by atoms with Crippen molar-refractivity contribution >= 4 is 5.82 Å². The van der Waals surface area contributed by atoms with E-state index < -0.39 is 27.9 Å². The molecule has 8 heteroatoms. The van der Waals surface area contributed by atoms with Crippen LogP contribution < -0.4 is 5.43 Å². The molecule has 1 aromatic heterocycles. The molecule has 1 rings (SSSR count). The smallest absolute Gasteiger partial charge is 0.358 e. The summed E-state index contributed by atoms with van der Waals surface area (Å²) in [5.74, 6) is -1.34. The maximum atomic E-state index is 12.1. The second-order valence-corrected chi connectivity index (χ2v) is 2.32. The molecule has 5 nitrogen and oxygen atoms in total. The molecule has 0 amide bonds. The van der Waals surface area contributed by atoms with Gasteiger partial charge in [0.1, 0.15) is 0 Å². The number of rotatable bonds is 1. The number of hydrogen-bond donors (Lipinski definition) is 1. The largest absolute Gasteiger partial charge is 0.428 e. The van der Waals surface area contributed by atoms with Crippen LogP contribution in [0.2, 0.25) is 0 Å². The molecule has 0 aliphatic carbocycles. The third kappa shape index (κ3) is 1.73. The minimum Gasteiger partial charge on any atom is -0.358 e. The number of aromatic amines is 1. The fourth-order valence-electron chi connectivity index (χ4n) is 0.886. The van der Waals surface area contributed by atoms with Crippen LogP contribution in [0.4, 0.5) is 19.0 Å². The van der Waals surface area contributed by atoms with Crippen LogP contribution in [0.5, 0.6) is 0 Å². The lowest BCUT2D eigenvalue weighted by atomic mass is 10.2. The van der Waals surface area contributed by atoms with Crippen LogP contribution in [-0.2, 0) is 6.18 Å². The summed E-state index contributed by atoms with van der Waals surface area (Å²) in [6.45, 7) is 0. The minimum absolute atomic E-state index is 0.579. The molecule has 0 saturated carbocycles. The Hall–Kier alpha value is -1.86. The summed E-state index contributed by atoms with van der Waals surface area (Å²) in [5, 5.41) is 10.2. The number of hydrogen-bond acceptors (Lipinski definition) is 3. The quantitative estimate of drug-likeness (QED) is 0.558. The van der Waals surface area contributed by atoms with E-state index in [1.54, 1.807) is 4.98 Å². The van der Waals surface area contributed by atoms with Crippen LogP contribution >= 0.6 is 0 Å². The molecule has 1 heterocycles. The van der Waals surface area contributed by atoms with Crippen molar-refractivity contribution in [3.05, 3.63) is 38.2 Å². The second kappa shape index (κ2) is 3.13. The summed E-state index contributed by atoms with van der Waals surface area (Å²) in [6, 6.07) is 0.579. The van der Waals surface area contributed by atoms with E-state index in [1.165, 1.54) is 0 Å². The Kier molecular flexibility index (Phi) is 2.28. The number of halogens is 3. The van der Waals surface area contributed by atoms with Gasteiger partial charge in [-0.05, 0) is 4.92 Å². The SMILES string of the molecule is O=c1cc[nH]c([N+](=O)[O-])c1C(F)(F)F. The summed E-state index contributed by atoms with van der Waals surface area (Å²) in [6.07, 6.45) is -4.24. The highest BCUT2D eigenvalue weighted by Crippen LogP contribution is 2.31. The van der Waals surface area contributed by atoms with Crippen LogP contribution in [0.25, 0.3) is 0 Å². The van der Waals surface area contributed by atoms with Crippen molar-refractivity contribution in [2.24, 2.45) is 0 Å². The lowest BCUT2D eigenvalue weighted by Gasteiger charge is -2.05. The van der Waals surface area contributed by atoms with Crippen LogP contribution in [-0.4, -0.2) is 9.91 Å². The van der Waals surface area contributed by atoms with Gasteiger partial charge < -0.3 is 10.1 Å². The zero-order valence-corrected chi connectivity index (χ0v) is 6.46. The van der Waals surface area contributed by atoms with Gasteiger partial charge in [0.05, 0.1) is 6.20 Å². The van der Waals surface area contributed by atoms with E-state index in [0.717, 1.165) is 6.20 Å². The predicted molar refractivity (Wildman–Crippen MR) is 38.7 cm³/mol. The van der Waals surface area contributed by atoms with Gasteiger partial charge in [-0.15, -0.1) is 0 Å². The molecular formula is C6H3F3N2O3. The van der Waals surface area contributed by atoms with Crippen molar-refractivity contribution in [1.29, 1.82) is 0 Å². The summed E-state index contributed by atoms with van der Waals surface area (Å²) < 4.78 is 36.4. The van der Waals surface area contributed by atoms with Gasteiger partial charge in [0.2, 0.25) is 5.43 Å². The van der Waals surface area contributed by atoms with Crippen molar-refractivity contribution < 1.29 is 18.1 Å². The first-order chi connectivity index (χ1) is 6.34. The van der Waals surface area contributed by atoms with Crippen LogP contribution in [0, 0.1) is 10.1 Å². The molecule has 0 atom stereocenters. The van der Waals surface area contributed by atoms with Gasteiger partial charge in [0, 0.05) is 6.07 Å². The molecule has 14 heavy (non-hydrogen) atoms. The summed E-state index contributed by atoms with van der Waals surface area (Å²) in [5.41, 5.74) is -3.21. The zero-order chi connectivity index (χ0) is 10.9. The van der Waals surface area contributed by atoms with Gasteiger partial charge in [-0.1, -0.05) is 0 Å². The molecule has 1 aromatic rings. The maximum Gasteiger partial charge on any atom is 0.428 e. The molecule has 0 fully saturated rings. The Morgan fingerprint density at radius 2 is 2.00 bits per heavy atom. The number of H-pyrrole nitrogens is 1. The highest BCUT2D eigenvalue weighted by Gasteiger charge is 2.41. The number of nitro groups is 1. The van der Waals surface area contributed by atoms with Crippen molar-refractivity contribution in [3.8, 4) is 0 Å². The van der Waals surface area contributed by atoms with E-state index in [2.05, 4.69) is 0 Å².